The summed E-state index contributed by atoms with van der Waals surface area (Å²) < 4.78 is 5.09. The van der Waals surface area contributed by atoms with Gasteiger partial charge < -0.3 is 20.7 Å². The fourth-order valence-corrected chi connectivity index (χ4v) is 2.62. The molecular formula is C14H19N7O2. The van der Waals surface area contributed by atoms with Crippen LogP contribution < -0.4 is 26.2 Å². The van der Waals surface area contributed by atoms with Gasteiger partial charge in [-0.05, 0) is 12.8 Å². The van der Waals surface area contributed by atoms with E-state index in [1.165, 1.54) is 12.4 Å². The van der Waals surface area contributed by atoms with Crippen LogP contribution in [0.25, 0.3) is 0 Å². The summed E-state index contributed by atoms with van der Waals surface area (Å²) >= 11 is 0. The lowest BCUT2D eigenvalue weighted by Gasteiger charge is -2.33. The first-order chi connectivity index (χ1) is 11.1. The number of aromatic amines is 1. The molecule has 1 aliphatic rings. The van der Waals surface area contributed by atoms with E-state index in [4.69, 9.17) is 10.5 Å². The molecule has 0 unspecified atom stereocenters. The van der Waals surface area contributed by atoms with E-state index in [0.717, 1.165) is 31.7 Å². The SMILES string of the molecule is COc1cc(NC2CCN(c3cc(=O)[nH]c(N)n3)CC2)ncn1. The van der Waals surface area contributed by atoms with Gasteiger partial charge in [0, 0.05) is 31.3 Å². The zero-order valence-corrected chi connectivity index (χ0v) is 12.8. The lowest BCUT2D eigenvalue weighted by Crippen LogP contribution is -2.40. The van der Waals surface area contributed by atoms with E-state index in [1.54, 1.807) is 13.2 Å². The molecule has 122 valence electrons. The summed E-state index contributed by atoms with van der Waals surface area (Å²) in [5, 5.41) is 3.38. The maximum atomic E-state index is 11.5. The minimum absolute atomic E-state index is 0.140. The molecule has 1 saturated heterocycles. The topological polar surface area (TPSA) is 122 Å². The van der Waals surface area contributed by atoms with Crippen LogP contribution in [-0.2, 0) is 0 Å². The number of rotatable bonds is 4. The van der Waals surface area contributed by atoms with E-state index in [9.17, 15) is 4.79 Å². The molecule has 2 aromatic heterocycles. The number of aromatic nitrogens is 4. The van der Waals surface area contributed by atoms with Crippen LogP contribution in [0.5, 0.6) is 5.88 Å². The number of nitrogens with one attached hydrogen (secondary N) is 2. The van der Waals surface area contributed by atoms with E-state index in [-0.39, 0.29) is 11.5 Å². The first-order valence-electron chi connectivity index (χ1n) is 7.38. The van der Waals surface area contributed by atoms with Crippen molar-refractivity contribution in [1.82, 2.24) is 19.9 Å². The highest BCUT2D eigenvalue weighted by Gasteiger charge is 2.21. The molecule has 0 radical (unpaired) electrons. The van der Waals surface area contributed by atoms with Crippen LogP contribution in [0.3, 0.4) is 0 Å². The molecule has 4 N–H and O–H groups in total. The standard InChI is InChI=1S/C14H19N7O2/c1-23-13-6-10(16-8-17-13)18-9-2-4-21(5-3-9)11-7-12(22)20-14(15)19-11/h6-9H,2-5H2,1H3,(H,16,17,18)(H3,15,19,20,22). The van der Waals surface area contributed by atoms with E-state index < -0.39 is 0 Å². The molecule has 2 aromatic rings. The number of nitrogens with two attached hydrogens (primary N) is 1. The highest BCUT2D eigenvalue weighted by Crippen LogP contribution is 2.20. The van der Waals surface area contributed by atoms with Crippen molar-refractivity contribution in [2.24, 2.45) is 0 Å². The number of H-pyrrole nitrogens is 1. The minimum Gasteiger partial charge on any atom is -0.481 e. The lowest BCUT2D eigenvalue weighted by atomic mass is 10.1. The third-order valence-electron chi connectivity index (χ3n) is 3.77. The van der Waals surface area contributed by atoms with Crippen molar-refractivity contribution in [1.29, 1.82) is 0 Å². The van der Waals surface area contributed by atoms with Gasteiger partial charge in [0.2, 0.25) is 11.8 Å². The first-order valence-corrected chi connectivity index (χ1v) is 7.38. The molecule has 0 aliphatic carbocycles. The number of nitrogens with zero attached hydrogens (tertiary/aromatic N) is 4. The Morgan fingerprint density at radius 3 is 2.83 bits per heavy atom. The van der Waals surface area contributed by atoms with Crippen molar-refractivity contribution in [2.45, 2.75) is 18.9 Å². The summed E-state index contributed by atoms with van der Waals surface area (Å²) in [5.74, 6) is 2.03. The predicted octanol–water partition coefficient (Wildman–Crippen LogP) is 0.232. The Bertz CT molecular complexity index is 725. The Balaban J connectivity index is 1.60. The first kappa shape index (κ1) is 15.1. The van der Waals surface area contributed by atoms with Crippen molar-refractivity contribution in [2.75, 3.05) is 36.1 Å². The van der Waals surface area contributed by atoms with Crippen molar-refractivity contribution in [3.8, 4) is 5.88 Å². The van der Waals surface area contributed by atoms with Gasteiger partial charge in [-0.2, -0.15) is 4.98 Å². The normalized spacial score (nSPS) is 15.4. The molecule has 0 saturated carbocycles. The van der Waals surface area contributed by atoms with Gasteiger partial charge in [-0.15, -0.1) is 0 Å². The molecule has 0 spiro atoms. The molecule has 0 atom stereocenters. The molecule has 23 heavy (non-hydrogen) atoms. The summed E-state index contributed by atoms with van der Waals surface area (Å²) in [5.41, 5.74) is 5.36. The van der Waals surface area contributed by atoms with Crippen molar-refractivity contribution < 1.29 is 4.74 Å². The third-order valence-corrected chi connectivity index (χ3v) is 3.77. The number of hydrogen-bond donors (Lipinski definition) is 3. The molecule has 9 nitrogen and oxygen atoms in total. The van der Waals surface area contributed by atoms with Crippen molar-refractivity contribution in [3.05, 3.63) is 28.8 Å². The fraction of sp³-hybridized carbons (Fsp3) is 0.429. The highest BCUT2D eigenvalue weighted by atomic mass is 16.5. The Hall–Kier alpha value is -2.84. The average Bonchev–Trinajstić information content (AvgIpc) is 2.55. The summed E-state index contributed by atoms with van der Waals surface area (Å²) in [6.45, 7) is 1.57. The molecule has 3 heterocycles. The molecule has 9 heteroatoms. The highest BCUT2D eigenvalue weighted by molar-refractivity contribution is 5.43. The van der Waals surface area contributed by atoms with Gasteiger partial charge in [-0.25, -0.2) is 9.97 Å². The van der Waals surface area contributed by atoms with Crippen LogP contribution in [0.2, 0.25) is 0 Å². The van der Waals surface area contributed by atoms with Gasteiger partial charge in [0.15, 0.2) is 0 Å². The number of hydrogen-bond acceptors (Lipinski definition) is 8. The number of ether oxygens (including phenoxy) is 1. The summed E-state index contributed by atoms with van der Waals surface area (Å²) in [7, 11) is 1.57. The van der Waals surface area contributed by atoms with Gasteiger partial charge in [0.25, 0.3) is 5.56 Å². The Morgan fingerprint density at radius 1 is 1.35 bits per heavy atom. The number of methoxy groups -OCH3 is 1. The second kappa shape index (κ2) is 6.51. The van der Waals surface area contributed by atoms with Crippen LogP contribution in [0.4, 0.5) is 17.6 Å². The average molecular weight is 317 g/mol. The van der Waals surface area contributed by atoms with Crippen LogP contribution in [-0.4, -0.2) is 46.2 Å². The zero-order chi connectivity index (χ0) is 16.2. The minimum atomic E-state index is -0.235. The van der Waals surface area contributed by atoms with Gasteiger partial charge in [-0.1, -0.05) is 0 Å². The molecule has 3 rings (SSSR count). The molecule has 0 bridgehead atoms. The van der Waals surface area contributed by atoms with Gasteiger partial charge in [0.1, 0.15) is 18.0 Å². The van der Waals surface area contributed by atoms with E-state index in [2.05, 4.69) is 30.2 Å². The van der Waals surface area contributed by atoms with Crippen LogP contribution >= 0.6 is 0 Å². The maximum Gasteiger partial charge on any atom is 0.254 e. The van der Waals surface area contributed by atoms with E-state index >= 15 is 0 Å². The third kappa shape index (κ3) is 3.68. The molecule has 0 aromatic carbocycles. The predicted molar refractivity (Wildman–Crippen MR) is 86.7 cm³/mol. The van der Waals surface area contributed by atoms with Gasteiger partial charge in [-0.3, -0.25) is 9.78 Å². The van der Waals surface area contributed by atoms with Crippen LogP contribution in [0.1, 0.15) is 12.8 Å². The number of piperidine rings is 1. The largest absolute Gasteiger partial charge is 0.481 e. The number of nitrogen functional groups attached to an aromatic ring is 1. The molecule has 1 aliphatic heterocycles. The van der Waals surface area contributed by atoms with Crippen molar-refractivity contribution in [3.63, 3.8) is 0 Å². The second-order valence-electron chi connectivity index (χ2n) is 5.34. The number of anilines is 3. The zero-order valence-electron chi connectivity index (χ0n) is 12.8. The molecule has 1 fully saturated rings. The van der Waals surface area contributed by atoms with E-state index in [0.29, 0.717) is 17.7 Å². The van der Waals surface area contributed by atoms with Gasteiger partial charge >= 0.3 is 0 Å². The molecule has 0 amide bonds. The van der Waals surface area contributed by atoms with Crippen molar-refractivity contribution >= 4 is 17.6 Å². The second-order valence-corrected chi connectivity index (χ2v) is 5.34. The van der Waals surface area contributed by atoms with E-state index in [1.807, 2.05) is 0 Å². The van der Waals surface area contributed by atoms with Crippen LogP contribution in [0, 0.1) is 0 Å². The Morgan fingerprint density at radius 2 is 2.13 bits per heavy atom. The summed E-state index contributed by atoms with van der Waals surface area (Å²) in [6, 6.07) is 3.54. The smallest absolute Gasteiger partial charge is 0.254 e. The lowest BCUT2D eigenvalue weighted by molar-refractivity contribution is 0.397. The maximum absolute atomic E-state index is 11.5. The summed E-state index contributed by atoms with van der Waals surface area (Å²) in [4.78, 5) is 28.3. The fourth-order valence-electron chi connectivity index (χ4n) is 2.62. The van der Waals surface area contributed by atoms with Crippen LogP contribution in [0.15, 0.2) is 23.3 Å². The Kier molecular flexibility index (Phi) is 4.26. The quantitative estimate of drug-likeness (QED) is 0.732. The Labute approximate surface area is 132 Å². The summed E-state index contributed by atoms with van der Waals surface area (Å²) in [6.07, 6.45) is 3.28. The monoisotopic (exact) mass is 317 g/mol. The van der Waals surface area contributed by atoms with Gasteiger partial charge in [0.05, 0.1) is 7.11 Å². The molecular weight excluding hydrogens is 298 g/mol.